The molecular formula is C22H21FN4O3S. The number of hydrogen-bond acceptors (Lipinski definition) is 5. The highest BCUT2D eigenvalue weighted by atomic mass is 32.2. The van der Waals surface area contributed by atoms with E-state index in [-0.39, 0.29) is 23.2 Å². The molecule has 160 valence electrons. The van der Waals surface area contributed by atoms with Crippen LogP contribution in [0.2, 0.25) is 0 Å². The van der Waals surface area contributed by atoms with Crippen LogP contribution in [0.15, 0.2) is 59.7 Å². The highest BCUT2D eigenvalue weighted by molar-refractivity contribution is 7.99. The molecule has 2 aromatic carbocycles. The van der Waals surface area contributed by atoms with Crippen LogP contribution in [0.5, 0.6) is 0 Å². The van der Waals surface area contributed by atoms with Crippen LogP contribution in [0.4, 0.5) is 10.1 Å². The molecule has 1 amide bonds. The van der Waals surface area contributed by atoms with Crippen molar-refractivity contribution in [1.82, 2.24) is 9.99 Å². The molecule has 9 heteroatoms. The Labute approximate surface area is 183 Å². The first-order valence-electron chi connectivity index (χ1n) is 9.43. The van der Waals surface area contributed by atoms with Gasteiger partial charge in [-0.1, -0.05) is 12.1 Å². The molecule has 3 rings (SSSR count). The lowest BCUT2D eigenvalue weighted by Crippen LogP contribution is -2.19. The first-order valence-corrected chi connectivity index (χ1v) is 10.6. The van der Waals surface area contributed by atoms with Gasteiger partial charge in [0.2, 0.25) is 5.91 Å². The third-order valence-electron chi connectivity index (χ3n) is 4.60. The Morgan fingerprint density at radius 1 is 1.19 bits per heavy atom. The van der Waals surface area contributed by atoms with Gasteiger partial charge in [0.05, 0.1) is 16.9 Å². The number of carbonyl (C=O) groups excluding carboxylic acids is 1. The van der Waals surface area contributed by atoms with Gasteiger partial charge in [-0.3, -0.25) is 14.9 Å². The average Bonchev–Trinajstić information content (AvgIpc) is 3.02. The van der Waals surface area contributed by atoms with Gasteiger partial charge in [-0.25, -0.2) is 9.82 Å². The summed E-state index contributed by atoms with van der Waals surface area (Å²) in [5, 5.41) is 14.7. The molecular weight excluding hydrogens is 419 g/mol. The molecule has 3 aromatic rings. The molecule has 1 heterocycles. The van der Waals surface area contributed by atoms with Gasteiger partial charge in [0.15, 0.2) is 0 Å². The number of aryl methyl sites for hydroxylation is 1. The number of amides is 1. The summed E-state index contributed by atoms with van der Waals surface area (Å²) in [7, 11) is 0. The van der Waals surface area contributed by atoms with Crippen LogP contribution in [0.3, 0.4) is 0 Å². The van der Waals surface area contributed by atoms with Crippen molar-refractivity contribution in [2.45, 2.75) is 19.6 Å². The fourth-order valence-electron chi connectivity index (χ4n) is 3.09. The summed E-state index contributed by atoms with van der Waals surface area (Å²) in [6.45, 7) is 3.88. The first kappa shape index (κ1) is 22.2. The molecule has 0 unspecified atom stereocenters. The van der Waals surface area contributed by atoms with E-state index in [1.165, 1.54) is 36.0 Å². The number of nitrogens with zero attached hydrogens (tertiary/aromatic N) is 3. The van der Waals surface area contributed by atoms with E-state index in [0.29, 0.717) is 5.75 Å². The van der Waals surface area contributed by atoms with Crippen LogP contribution in [0.25, 0.3) is 5.69 Å². The van der Waals surface area contributed by atoms with E-state index in [1.807, 2.05) is 24.5 Å². The standard InChI is InChI=1S/C22H21FN4O3S/c1-15-11-18(16(2)26(15)20-9-5-19(23)6-10-20)12-24-25-22(28)14-31-13-17-3-7-21(8-4-17)27(29)30/h3-12H,13-14H2,1-2H3,(H,25,28)/b24-12-. The van der Waals surface area contributed by atoms with Crippen molar-refractivity contribution in [3.8, 4) is 5.69 Å². The fourth-order valence-corrected chi connectivity index (χ4v) is 3.87. The lowest BCUT2D eigenvalue weighted by Gasteiger charge is -2.09. The quantitative estimate of drug-likeness (QED) is 0.317. The van der Waals surface area contributed by atoms with E-state index < -0.39 is 4.92 Å². The largest absolute Gasteiger partial charge is 0.318 e. The maximum Gasteiger partial charge on any atom is 0.269 e. The van der Waals surface area contributed by atoms with E-state index in [1.54, 1.807) is 30.5 Å². The first-order chi connectivity index (χ1) is 14.8. The third kappa shape index (κ3) is 5.79. The minimum absolute atomic E-state index is 0.0413. The van der Waals surface area contributed by atoms with Crippen LogP contribution >= 0.6 is 11.8 Å². The Hall–Kier alpha value is -3.46. The second-order valence-corrected chi connectivity index (χ2v) is 7.83. The lowest BCUT2D eigenvalue weighted by molar-refractivity contribution is -0.384. The molecule has 0 atom stereocenters. The van der Waals surface area contributed by atoms with Gasteiger partial charge in [-0.2, -0.15) is 5.10 Å². The van der Waals surface area contributed by atoms with E-state index in [4.69, 9.17) is 0 Å². The van der Waals surface area contributed by atoms with E-state index in [2.05, 4.69) is 10.5 Å². The minimum Gasteiger partial charge on any atom is -0.318 e. The van der Waals surface area contributed by atoms with Crippen molar-refractivity contribution >= 4 is 29.6 Å². The topological polar surface area (TPSA) is 89.5 Å². The van der Waals surface area contributed by atoms with Crippen LogP contribution in [0, 0.1) is 29.8 Å². The molecule has 1 aromatic heterocycles. The van der Waals surface area contributed by atoms with Gasteiger partial charge >= 0.3 is 0 Å². The van der Waals surface area contributed by atoms with Crippen LogP contribution in [-0.2, 0) is 10.5 Å². The number of hydrazone groups is 1. The molecule has 31 heavy (non-hydrogen) atoms. The molecule has 0 fully saturated rings. The Balaban J connectivity index is 1.52. The third-order valence-corrected chi connectivity index (χ3v) is 5.60. The van der Waals surface area contributed by atoms with Crippen molar-refractivity contribution in [3.05, 3.63) is 93.0 Å². The van der Waals surface area contributed by atoms with Gasteiger partial charge in [0, 0.05) is 40.5 Å². The molecule has 0 aliphatic rings. The molecule has 0 saturated heterocycles. The number of benzene rings is 2. The van der Waals surface area contributed by atoms with Crippen molar-refractivity contribution in [1.29, 1.82) is 0 Å². The summed E-state index contributed by atoms with van der Waals surface area (Å²) in [4.78, 5) is 22.2. The highest BCUT2D eigenvalue weighted by Gasteiger charge is 2.10. The Morgan fingerprint density at radius 3 is 2.52 bits per heavy atom. The SMILES string of the molecule is Cc1cc(/C=N\NC(=O)CSCc2ccc([N+](=O)[O-])cc2)c(C)n1-c1ccc(F)cc1. The number of nitro groups is 1. The highest BCUT2D eigenvalue weighted by Crippen LogP contribution is 2.20. The summed E-state index contributed by atoms with van der Waals surface area (Å²) < 4.78 is 15.2. The fraction of sp³-hybridized carbons (Fsp3) is 0.182. The number of carbonyl (C=O) groups is 1. The van der Waals surface area contributed by atoms with Gasteiger partial charge in [0.25, 0.3) is 5.69 Å². The van der Waals surface area contributed by atoms with Crippen LogP contribution in [0.1, 0.15) is 22.5 Å². The van der Waals surface area contributed by atoms with E-state index in [9.17, 15) is 19.3 Å². The molecule has 0 aliphatic carbocycles. The maximum absolute atomic E-state index is 13.2. The summed E-state index contributed by atoms with van der Waals surface area (Å²) in [5.41, 5.74) is 7.04. The van der Waals surface area contributed by atoms with Crippen LogP contribution < -0.4 is 5.43 Å². The Bertz CT molecular complexity index is 1110. The summed E-state index contributed by atoms with van der Waals surface area (Å²) in [5.74, 6) is 0.245. The second kappa shape index (κ2) is 10.0. The summed E-state index contributed by atoms with van der Waals surface area (Å²) in [6, 6.07) is 14.4. The predicted octanol–water partition coefficient (Wildman–Crippen LogP) is 4.52. The number of aromatic nitrogens is 1. The number of thioether (sulfide) groups is 1. The van der Waals surface area contributed by atoms with Crippen LogP contribution in [-0.4, -0.2) is 27.4 Å². The number of non-ortho nitro benzene ring substituents is 1. The monoisotopic (exact) mass is 440 g/mol. The second-order valence-electron chi connectivity index (χ2n) is 6.85. The van der Waals surface area contributed by atoms with Gasteiger partial charge < -0.3 is 4.57 Å². The number of halogens is 1. The van der Waals surface area contributed by atoms with Gasteiger partial charge in [-0.05, 0) is 49.7 Å². The zero-order valence-corrected chi connectivity index (χ0v) is 17.9. The van der Waals surface area contributed by atoms with Crippen molar-refractivity contribution in [3.63, 3.8) is 0 Å². The zero-order valence-electron chi connectivity index (χ0n) is 17.0. The van der Waals surface area contributed by atoms with Crippen molar-refractivity contribution in [2.75, 3.05) is 5.75 Å². The summed E-state index contributed by atoms with van der Waals surface area (Å²) in [6.07, 6.45) is 1.58. The maximum atomic E-state index is 13.2. The molecule has 0 spiro atoms. The van der Waals surface area contributed by atoms with Crippen molar-refractivity contribution < 1.29 is 14.1 Å². The average molecular weight is 441 g/mol. The zero-order chi connectivity index (χ0) is 22.4. The Kier molecular flexibility index (Phi) is 7.19. The number of nitro benzene ring substituents is 1. The molecule has 0 radical (unpaired) electrons. The van der Waals surface area contributed by atoms with Gasteiger partial charge in [0.1, 0.15) is 5.82 Å². The minimum atomic E-state index is -0.445. The lowest BCUT2D eigenvalue weighted by atomic mass is 10.2. The number of rotatable bonds is 8. The predicted molar refractivity (Wildman–Crippen MR) is 120 cm³/mol. The molecule has 0 bridgehead atoms. The van der Waals surface area contributed by atoms with E-state index >= 15 is 0 Å². The van der Waals surface area contributed by atoms with E-state index in [0.717, 1.165) is 28.2 Å². The summed E-state index contributed by atoms with van der Waals surface area (Å²) >= 11 is 1.39. The molecule has 1 N–H and O–H groups in total. The molecule has 7 nitrogen and oxygen atoms in total. The molecule has 0 aliphatic heterocycles. The Morgan fingerprint density at radius 2 is 1.87 bits per heavy atom. The van der Waals surface area contributed by atoms with Gasteiger partial charge in [-0.15, -0.1) is 11.8 Å². The normalized spacial score (nSPS) is 11.1. The smallest absolute Gasteiger partial charge is 0.269 e. The number of nitrogens with one attached hydrogen (secondary N) is 1. The van der Waals surface area contributed by atoms with Crippen molar-refractivity contribution in [2.24, 2.45) is 5.10 Å². The molecule has 0 saturated carbocycles. The number of hydrogen-bond donors (Lipinski definition) is 1.